The molecule has 0 aromatic carbocycles. The van der Waals surface area contributed by atoms with Crippen LogP contribution < -0.4 is 5.32 Å². The Balaban J connectivity index is 1.46. The number of anilines is 1. The highest BCUT2D eigenvalue weighted by molar-refractivity contribution is 5.91. The molecule has 136 valence electrons. The van der Waals surface area contributed by atoms with Gasteiger partial charge in [-0.05, 0) is 20.8 Å². The van der Waals surface area contributed by atoms with Crippen LogP contribution in [0.4, 0.5) is 5.82 Å². The lowest BCUT2D eigenvalue weighted by molar-refractivity contribution is -0.117. The number of aromatic nitrogens is 3. The molecule has 8 nitrogen and oxygen atoms in total. The largest absolute Gasteiger partial charge is 0.361 e. The summed E-state index contributed by atoms with van der Waals surface area (Å²) < 4.78 is 6.92. The summed E-state index contributed by atoms with van der Waals surface area (Å²) in [5, 5.41) is 11.2. The molecule has 1 aliphatic heterocycles. The average Bonchev–Trinajstić information content (AvgIpc) is 3.04. The SMILES string of the molecule is Cc1cc(NC(=O)CN2CCN(Cc3c(C)noc3C)CC2)n(C)n1. The minimum Gasteiger partial charge on any atom is -0.361 e. The molecule has 0 spiro atoms. The topological polar surface area (TPSA) is 79.4 Å². The quantitative estimate of drug-likeness (QED) is 0.873. The van der Waals surface area contributed by atoms with Crippen LogP contribution in [0.3, 0.4) is 0 Å². The molecule has 1 amide bonds. The molecule has 2 aromatic heterocycles. The Morgan fingerprint density at radius 1 is 1.20 bits per heavy atom. The molecule has 0 bridgehead atoms. The molecular weight excluding hydrogens is 320 g/mol. The zero-order chi connectivity index (χ0) is 18.0. The number of hydrogen-bond acceptors (Lipinski definition) is 6. The van der Waals surface area contributed by atoms with Gasteiger partial charge in [0.15, 0.2) is 0 Å². The maximum atomic E-state index is 12.2. The molecule has 1 N–H and O–H groups in total. The second-order valence-electron chi connectivity index (χ2n) is 6.70. The van der Waals surface area contributed by atoms with Gasteiger partial charge in [0, 0.05) is 51.4 Å². The number of hydrogen-bond donors (Lipinski definition) is 1. The number of carbonyl (C=O) groups is 1. The van der Waals surface area contributed by atoms with E-state index < -0.39 is 0 Å². The van der Waals surface area contributed by atoms with E-state index in [1.165, 1.54) is 5.56 Å². The zero-order valence-corrected chi connectivity index (χ0v) is 15.4. The van der Waals surface area contributed by atoms with Crippen LogP contribution in [0.1, 0.15) is 22.7 Å². The first kappa shape index (κ1) is 17.6. The summed E-state index contributed by atoms with van der Waals surface area (Å²) in [6.07, 6.45) is 0. The molecule has 1 aliphatic rings. The number of carbonyl (C=O) groups excluding carboxylic acids is 1. The molecule has 0 unspecified atom stereocenters. The van der Waals surface area contributed by atoms with Crippen LogP contribution in [0.15, 0.2) is 10.6 Å². The van der Waals surface area contributed by atoms with Crippen molar-refractivity contribution in [3.8, 4) is 0 Å². The van der Waals surface area contributed by atoms with Crippen molar-refractivity contribution in [2.75, 3.05) is 38.0 Å². The van der Waals surface area contributed by atoms with E-state index in [0.717, 1.165) is 55.7 Å². The van der Waals surface area contributed by atoms with Crippen LogP contribution in [0.25, 0.3) is 0 Å². The van der Waals surface area contributed by atoms with Crippen LogP contribution in [-0.2, 0) is 18.4 Å². The van der Waals surface area contributed by atoms with E-state index in [-0.39, 0.29) is 5.91 Å². The smallest absolute Gasteiger partial charge is 0.239 e. The zero-order valence-electron chi connectivity index (χ0n) is 15.4. The van der Waals surface area contributed by atoms with E-state index >= 15 is 0 Å². The second kappa shape index (κ2) is 7.37. The fourth-order valence-electron chi connectivity index (χ4n) is 3.17. The summed E-state index contributed by atoms with van der Waals surface area (Å²) in [4.78, 5) is 16.8. The van der Waals surface area contributed by atoms with Gasteiger partial charge in [-0.25, -0.2) is 0 Å². The summed E-state index contributed by atoms with van der Waals surface area (Å²) in [6, 6.07) is 1.87. The van der Waals surface area contributed by atoms with E-state index in [4.69, 9.17) is 4.52 Å². The molecule has 2 aromatic rings. The van der Waals surface area contributed by atoms with E-state index in [1.54, 1.807) is 4.68 Å². The van der Waals surface area contributed by atoms with Crippen molar-refractivity contribution in [3.63, 3.8) is 0 Å². The molecular formula is C17H26N6O2. The number of piperazine rings is 1. The maximum Gasteiger partial charge on any atom is 0.239 e. The van der Waals surface area contributed by atoms with Crippen LogP contribution in [0.2, 0.25) is 0 Å². The Morgan fingerprint density at radius 2 is 1.88 bits per heavy atom. The summed E-state index contributed by atoms with van der Waals surface area (Å²) in [7, 11) is 1.83. The molecule has 1 saturated heterocycles. The van der Waals surface area contributed by atoms with Crippen molar-refractivity contribution in [2.24, 2.45) is 7.05 Å². The number of nitrogens with zero attached hydrogens (tertiary/aromatic N) is 5. The molecule has 0 saturated carbocycles. The highest BCUT2D eigenvalue weighted by Crippen LogP contribution is 2.16. The van der Waals surface area contributed by atoms with Crippen molar-refractivity contribution in [1.29, 1.82) is 0 Å². The standard InChI is InChI=1S/C17H26N6O2/c1-12-9-16(21(4)19-12)18-17(24)11-23-7-5-22(6-8-23)10-15-13(2)20-25-14(15)3/h9H,5-8,10-11H2,1-4H3,(H,18,24). The lowest BCUT2D eigenvalue weighted by Crippen LogP contribution is -2.48. The average molecular weight is 346 g/mol. The highest BCUT2D eigenvalue weighted by Gasteiger charge is 2.21. The third-order valence-corrected chi connectivity index (χ3v) is 4.66. The molecule has 0 atom stereocenters. The van der Waals surface area contributed by atoms with Crippen molar-refractivity contribution in [2.45, 2.75) is 27.3 Å². The minimum absolute atomic E-state index is 0.00201. The van der Waals surface area contributed by atoms with Gasteiger partial charge >= 0.3 is 0 Å². The van der Waals surface area contributed by atoms with Crippen molar-refractivity contribution in [3.05, 3.63) is 28.8 Å². The molecule has 1 fully saturated rings. The molecule has 0 aliphatic carbocycles. The van der Waals surface area contributed by atoms with Crippen molar-refractivity contribution in [1.82, 2.24) is 24.7 Å². The Morgan fingerprint density at radius 3 is 2.44 bits per heavy atom. The van der Waals surface area contributed by atoms with Gasteiger partial charge in [0.25, 0.3) is 0 Å². The van der Waals surface area contributed by atoms with Gasteiger partial charge in [0.1, 0.15) is 11.6 Å². The van der Waals surface area contributed by atoms with Crippen LogP contribution in [0, 0.1) is 20.8 Å². The van der Waals surface area contributed by atoms with Crippen LogP contribution in [-0.4, -0.2) is 63.4 Å². The third kappa shape index (κ3) is 4.26. The van der Waals surface area contributed by atoms with Crippen molar-refractivity contribution >= 4 is 11.7 Å². The van der Waals surface area contributed by atoms with Gasteiger partial charge in [0.2, 0.25) is 5.91 Å². The maximum absolute atomic E-state index is 12.2. The first-order valence-electron chi connectivity index (χ1n) is 8.59. The second-order valence-corrected chi connectivity index (χ2v) is 6.70. The number of rotatable bonds is 5. The first-order valence-corrected chi connectivity index (χ1v) is 8.59. The fourth-order valence-corrected chi connectivity index (χ4v) is 3.17. The minimum atomic E-state index is 0.00201. The highest BCUT2D eigenvalue weighted by atomic mass is 16.5. The summed E-state index contributed by atoms with van der Waals surface area (Å²) in [6.45, 7) is 10.7. The Bertz CT molecular complexity index is 723. The Labute approximate surface area is 147 Å². The predicted molar refractivity (Wildman–Crippen MR) is 94.3 cm³/mol. The molecule has 3 heterocycles. The predicted octanol–water partition coefficient (Wildman–Crippen LogP) is 1.09. The number of nitrogens with one attached hydrogen (secondary N) is 1. The van der Waals surface area contributed by atoms with E-state index in [9.17, 15) is 4.79 Å². The summed E-state index contributed by atoms with van der Waals surface area (Å²) >= 11 is 0. The van der Waals surface area contributed by atoms with Gasteiger partial charge in [-0.1, -0.05) is 5.16 Å². The lowest BCUT2D eigenvalue weighted by Gasteiger charge is -2.34. The molecule has 25 heavy (non-hydrogen) atoms. The van der Waals surface area contributed by atoms with E-state index in [2.05, 4.69) is 25.4 Å². The Kier molecular flexibility index (Phi) is 5.19. The molecule has 3 rings (SSSR count). The molecule has 8 heteroatoms. The van der Waals surface area contributed by atoms with Gasteiger partial charge in [0.05, 0.1) is 17.9 Å². The van der Waals surface area contributed by atoms with Gasteiger partial charge in [-0.15, -0.1) is 0 Å². The van der Waals surface area contributed by atoms with Crippen LogP contribution in [0.5, 0.6) is 0 Å². The van der Waals surface area contributed by atoms with Crippen LogP contribution >= 0.6 is 0 Å². The monoisotopic (exact) mass is 346 g/mol. The van der Waals surface area contributed by atoms with Crippen molar-refractivity contribution < 1.29 is 9.32 Å². The van der Waals surface area contributed by atoms with Gasteiger partial charge < -0.3 is 9.84 Å². The summed E-state index contributed by atoms with van der Waals surface area (Å²) in [5.41, 5.74) is 3.04. The first-order chi connectivity index (χ1) is 11.9. The number of amides is 1. The summed E-state index contributed by atoms with van der Waals surface area (Å²) in [5.74, 6) is 1.63. The van der Waals surface area contributed by atoms with Gasteiger partial charge in [-0.2, -0.15) is 5.10 Å². The fraction of sp³-hybridized carbons (Fsp3) is 0.588. The van der Waals surface area contributed by atoms with E-state index in [0.29, 0.717) is 6.54 Å². The Hall–Kier alpha value is -2.19. The lowest BCUT2D eigenvalue weighted by atomic mass is 10.2. The van der Waals surface area contributed by atoms with E-state index in [1.807, 2.05) is 33.9 Å². The normalized spacial score (nSPS) is 16.3. The number of aryl methyl sites for hydroxylation is 4. The van der Waals surface area contributed by atoms with Gasteiger partial charge in [-0.3, -0.25) is 19.3 Å². The molecule has 0 radical (unpaired) electrons. The third-order valence-electron chi connectivity index (χ3n) is 4.66.